The molecule has 0 unspecified atom stereocenters. The van der Waals surface area contributed by atoms with Crippen LogP contribution in [0.1, 0.15) is 28.1 Å². The average Bonchev–Trinajstić information content (AvgIpc) is 3.25. The van der Waals surface area contributed by atoms with E-state index in [1.807, 2.05) is 60.4 Å². The molecular formula is C29H27FN2O4. The quantitative estimate of drug-likeness (QED) is 0.358. The van der Waals surface area contributed by atoms with Gasteiger partial charge in [-0.2, -0.15) is 0 Å². The number of aromatic nitrogens is 1. The topological polar surface area (TPSA) is 75.8 Å². The Morgan fingerprint density at radius 3 is 2.64 bits per heavy atom. The molecule has 0 saturated heterocycles. The van der Waals surface area contributed by atoms with E-state index in [-0.39, 0.29) is 5.82 Å². The first-order chi connectivity index (χ1) is 17.5. The molecule has 0 bridgehead atoms. The number of aliphatic carboxylic acids is 1. The third-order valence-electron chi connectivity index (χ3n) is 6.51. The lowest BCUT2D eigenvalue weighted by atomic mass is 9.93. The maximum absolute atomic E-state index is 13.3. The second-order valence-electron chi connectivity index (χ2n) is 9.01. The number of carbonyl (C=O) groups is 1. The highest BCUT2D eigenvalue weighted by molar-refractivity contribution is 5.74. The lowest BCUT2D eigenvalue weighted by molar-refractivity contribution is -0.144. The van der Waals surface area contributed by atoms with Crippen LogP contribution in [0.3, 0.4) is 0 Å². The number of fused-ring (bicyclic) bond motifs is 1. The maximum Gasteiger partial charge on any atom is 0.321 e. The minimum absolute atomic E-state index is 0.309. The van der Waals surface area contributed by atoms with Gasteiger partial charge >= 0.3 is 5.97 Å². The maximum atomic E-state index is 13.3. The first-order valence-corrected chi connectivity index (χ1v) is 11.9. The highest BCUT2D eigenvalue weighted by atomic mass is 19.1. The van der Waals surface area contributed by atoms with Gasteiger partial charge in [0.05, 0.1) is 12.3 Å². The number of carboxylic acid groups (broad SMARTS) is 1. The van der Waals surface area contributed by atoms with Gasteiger partial charge in [-0.3, -0.25) is 9.69 Å². The van der Waals surface area contributed by atoms with Gasteiger partial charge in [-0.15, -0.1) is 0 Å². The molecule has 36 heavy (non-hydrogen) atoms. The number of ether oxygens (including phenoxy) is 1. The smallest absolute Gasteiger partial charge is 0.321 e. The van der Waals surface area contributed by atoms with E-state index in [4.69, 9.17) is 9.15 Å². The summed E-state index contributed by atoms with van der Waals surface area (Å²) in [5, 5.41) is 9.79. The fraction of sp³-hybridized carbons (Fsp3) is 0.241. The fourth-order valence-electron chi connectivity index (χ4n) is 4.57. The van der Waals surface area contributed by atoms with Gasteiger partial charge in [-0.1, -0.05) is 36.4 Å². The van der Waals surface area contributed by atoms with E-state index in [1.165, 1.54) is 12.1 Å². The number of rotatable bonds is 8. The predicted molar refractivity (Wildman–Crippen MR) is 133 cm³/mol. The van der Waals surface area contributed by atoms with E-state index in [0.717, 1.165) is 39.5 Å². The second kappa shape index (κ2) is 10.3. The lowest BCUT2D eigenvalue weighted by Gasteiger charge is -2.34. The molecule has 7 heteroatoms. The summed E-state index contributed by atoms with van der Waals surface area (Å²) in [6, 6.07) is 21.2. The Morgan fingerprint density at radius 2 is 1.89 bits per heavy atom. The van der Waals surface area contributed by atoms with Crippen molar-refractivity contribution in [2.24, 2.45) is 0 Å². The highest BCUT2D eigenvalue weighted by Gasteiger charge is 2.31. The molecule has 4 aromatic rings. The Balaban J connectivity index is 1.25. The molecule has 0 aliphatic carbocycles. The van der Waals surface area contributed by atoms with E-state index in [0.29, 0.717) is 38.4 Å². The average molecular weight is 487 g/mol. The van der Waals surface area contributed by atoms with Crippen molar-refractivity contribution in [3.8, 4) is 17.2 Å². The number of hydrogen-bond acceptors (Lipinski definition) is 5. The molecule has 1 aliphatic rings. The van der Waals surface area contributed by atoms with Gasteiger partial charge in [0.15, 0.2) is 0 Å². The number of nitrogens with zero attached hydrogens (tertiary/aromatic N) is 2. The highest BCUT2D eigenvalue weighted by Crippen LogP contribution is 2.29. The van der Waals surface area contributed by atoms with E-state index in [9.17, 15) is 14.3 Å². The van der Waals surface area contributed by atoms with Gasteiger partial charge in [0, 0.05) is 25.1 Å². The van der Waals surface area contributed by atoms with Crippen molar-refractivity contribution < 1.29 is 23.4 Å². The van der Waals surface area contributed by atoms with Crippen LogP contribution in [0.4, 0.5) is 4.39 Å². The van der Waals surface area contributed by atoms with Crippen molar-refractivity contribution >= 4 is 5.97 Å². The standard InChI is InChI=1S/C29H27FN2O4/c1-19-26(31-28(36-19)21-5-3-2-4-6-21)13-14-35-25-12-9-22-16-27(29(33)34)32(18-23(22)15-25)17-20-7-10-24(30)11-8-20/h2-12,15,27H,13-14,16-18H2,1H3,(H,33,34)/t27-/m0/s1. The summed E-state index contributed by atoms with van der Waals surface area (Å²) in [4.78, 5) is 18.5. The lowest BCUT2D eigenvalue weighted by Crippen LogP contribution is -2.45. The van der Waals surface area contributed by atoms with Crippen LogP contribution in [0.15, 0.2) is 77.2 Å². The zero-order valence-corrected chi connectivity index (χ0v) is 20.0. The molecule has 0 saturated carbocycles. The Kier molecular flexibility index (Phi) is 6.82. The monoisotopic (exact) mass is 486 g/mol. The summed E-state index contributed by atoms with van der Waals surface area (Å²) in [6.07, 6.45) is 1.02. The number of halogens is 1. The van der Waals surface area contributed by atoms with Crippen LogP contribution in [-0.4, -0.2) is 33.6 Å². The number of aryl methyl sites for hydroxylation is 1. The van der Waals surface area contributed by atoms with Gasteiger partial charge in [-0.25, -0.2) is 9.37 Å². The molecule has 6 nitrogen and oxygen atoms in total. The van der Waals surface area contributed by atoms with E-state index in [2.05, 4.69) is 4.98 Å². The SMILES string of the molecule is Cc1oc(-c2ccccc2)nc1CCOc1ccc2c(c1)CN(Cc1ccc(F)cc1)[C@H](C(=O)O)C2. The molecule has 0 fully saturated rings. The normalized spacial score (nSPS) is 15.4. The first-order valence-electron chi connectivity index (χ1n) is 11.9. The van der Waals surface area contributed by atoms with Crippen molar-refractivity contribution in [2.75, 3.05) is 6.61 Å². The summed E-state index contributed by atoms with van der Waals surface area (Å²) < 4.78 is 25.2. The molecular weight excluding hydrogens is 459 g/mol. The van der Waals surface area contributed by atoms with Crippen LogP contribution in [-0.2, 0) is 30.7 Å². The van der Waals surface area contributed by atoms with Crippen LogP contribution in [0.2, 0.25) is 0 Å². The largest absolute Gasteiger partial charge is 0.493 e. The second-order valence-corrected chi connectivity index (χ2v) is 9.01. The molecule has 184 valence electrons. The van der Waals surface area contributed by atoms with Gasteiger partial charge < -0.3 is 14.3 Å². The third kappa shape index (κ3) is 5.31. The van der Waals surface area contributed by atoms with E-state index < -0.39 is 12.0 Å². The molecule has 0 amide bonds. The molecule has 3 aromatic carbocycles. The van der Waals surface area contributed by atoms with Crippen molar-refractivity contribution in [3.63, 3.8) is 0 Å². The Labute approximate surface area is 209 Å². The third-order valence-corrected chi connectivity index (χ3v) is 6.51. The number of benzene rings is 3. The van der Waals surface area contributed by atoms with Crippen LogP contribution < -0.4 is 4.74 Å². The molecule has 1 N–H and O–H groups in total. The zero-order chi connectivity index (χ0) is 25.1. The molecule has 0 radical (unpaired) electrons. The van der Waals surface area contributed by atoms with Crippen LogP contribution >= 0.6 is 0 Å². The fourth-order valence-corrected chi connectivity index (χ4v) is 4.57. The summed E-state index contributed by atoms with van der Waals surface area (Å²) in [6.45, 7) is 3.25. The van der Waals surface area contributed by atoms with E-state index in [1.54, 1.807) is 12.1 Å². The van der Waals surface area contributed by atoms with Crippen molar-refractivity contribution in [1.82, 2.24) is 9.88 Å². The molecule has 5 rings (SSSR count). The predicted octanol–water partition coefficient (Wildman–Crippen LogP) is 5.42. The van der Waals surface area contributed by atoms with Gasteiger partial charge in [0.1, 0.15) is 23.4 Å². The zero-order valence-electron chi connectivity index (χ0n) is 20.0. The minimum atomic E-state index is -0.860. The summed E-state index contributed by atoms with van der Waals surface area (Å²) >= 11 is 0. The van der Waals surface area contributed by atoms with Crippen molar-refractivity contribution in [2.45, 2.75) is 38.9 Å². The number of hydrogen-bond donors (Lipinski definition) is 1. The molecule has 1 aromatic heterocycles. The molecule has 2 heterocycles. The number of carboxylic acids is 1. The summed E-state index contributed by atoms with van der Waals surface area (Å²) in [5.74, 6) is 0.941. The summed E-state index contributed by atoms with van der Waals surface area (Å²) in [7, 11) is 0. The first kappa shape index (κ1) is 23.8. The van der Waals surface area contributed by atoms with Crippen LogP contribution in [0, 0.1) is 12.7 Å². The van der Waals surface area contributed by atoms with Gasteiger partial charge in [0.2, 0.25) is 5.89 Å². The Bertz CT molecular complexity index is 1350. The Hall–Kier alpha value is -3.97. The van der Waals surface area contributed by atoms with Crippen LogP contribution in [0.25, 0.3) is 11.5 Å². The summed E-state index contributed by atoms with van der Waals surface area (Å²) in [5.41, 5.74) is 4.71. The van der Waals surface area contributed by atoms with E-state index >= 15 is 0 Å². The molecule has 0 spiro atoms. The van der Waals surface area contributed by atoms with Gasteiger partial charge in [0.25, 0.3) is 0 Å². The molecule has 1 atom stereocenters. The van der Waals surface area contributed by atoms with Crippen LogP contribution in [0.5, 0.6) is 5.75 Å². The molecule has 1 aliphatic heterocycles. The Morgan fingerprint density at radius 1 is 1.11 bits per heavy atom. The minimum Gasteiger partial charge on any atom is -0.493 e. The number of oxazole rings is 1. The van der Waals surface area contributed by atoms with Crippen molar-refractivity contribution in [3.05, 3.63) is 107 Å². The van der Waals surface area contributed by atoms with Gasteiger partial charge in [-0.05, 0) is 66.4 Å². The van der Waals surface area contributed by atoms with Crippen molar-refractivity contribution in [1.29, 1.82) is 0 Å².